The molecule has 2 rings (SSSR count). The van der Waals surface area contributed by atoms with Crippen molar-refractivity contribution in [1.29, 1.82) is 5.26 Å². The summed E-state index contributed by atoms with van der Waals surface area (Å²) in [6.07, 6.45) is -3.43. The molecule has 1 aliphatic rings. The number of benzene rings is 1. The molecule has 1 atom stereocenters. The number of hydrogen-bond donors (Lipinski definition) is 2. The van der Waals surface area contributed by atoms with E-state index < -0.39 is 11.7 Å². The van der Waals surface area contributed by atoms with Crippen LogP contribution in [0, 0.1) is 17.2 Å². The summed E-state index contributed by atoms with van der Waals surface area (Å²) in [5.41, 5.74) is -0.679. The van der Waals surface area contributed by atoms with Gasteiger partial charge >= 0.3 is 6.18 Å². The summed E-state index contributed by atoms with van der Waals surface area (Å²) in [6.45, 7) is 2.59. The summed E-state index contributed by atoms with van der Waals surface area (Å²) >= 11 is 0. The van der Waals surface area contributed by atoms with Crippen molar-refractivity contribution in [1.82, 2.24) is 5.32 Å². The van der Waals surface area contributed by atoms with Crippen molar-refractivity contribution >= 4 is 5.69 Å². The molecule has 0 aromatic heterocycles. The Morgan fingerprint density at radius 2 is 2.21 bits per heavy atom. The average molecular weight is 269 g/mol. The van der Waals surface area contributed by atoms with Gasteiger partial charge in [-0.1, -0.05) is 0 Å². The highest BCUT2D eigenvalue weighted by Crippen LogP contribution is 2.33. The quantitative estimate of drug-likeness (QED) is 0.886. The van der Waals surface area contributed by atoms with Crippen molar-refractivity contribution in [3.63, 3.8) is 0 Å². The number of hydrogen-bond acceptors (Lipinski definition) is 3. The molecule has 1 aromatic carbocycles. The van der Waals surface area contributed by atoms with Gasteiger partial charge in [-0.05, 0) is 43.6 Å². The number of nitrogens with one attached hydrogen (secondary N) is 2. The Morgan fingerprint density at radius 1 is 1.42 bits per heavy atom. The fourth-order valence-corrected chi connectivity index (χ4v) is 2.14. The third-order valence-electron chi connectivity index (χ3n) is 3.20. The van der Waals surface area contributed by atoms with Crippen molar-refractivity contribution in [3.05, 3.63) is 29.3 Å². The summed E-state index contributed by atoms with van der Waals surface area (Å²) in [5, 5.41) is 15.1. The lowest BCUT2D eigenvalue weighted by Gasteiger charge is -2.13. The zero-order chi connectivity index (χ0) is 13.9. The first kappa shape index (κ1) is 13.7. The van der Waals surface area contributed by atoms with Gasteiger partial charge in [-0.15, -0.1) is 0 Å². The van der Waals surface area contributed by atoms with E-state index in [1.54, 1.807) is 6.07 Å². The molecule has 2 N–H and O–H groups in total. The van der Waals surface area contributed by atoms with Gasteiger partial charge in [-0.2, -0.15) is 18.4 Å². The Bertz CT molecular complexity index is 485. The monoisotopic (exact) mass is 269 g/mol. The van der Waals surface area contributed by atoms with Crippen LogP contribution in [-0.2, 0) is 6.18 Å². The van der Waals surface area contributed by atoms with E-state index in [1.807, 2.05) is 0 Å². The molecule has 0 radical (unpaired) electrons. The molecular weight excluding hydrogens is 255 g/mol. The molecule has 1 fully saturated rings. The van der Waals surface area contributed by atoms with E-state index >= 15 is 0 Å². The molecule has 6 heteroatoms. The highest BCUT2D eigenvalue weighted by atomic mass is 19.4. The SMILES string of the molecule is N#Cc1cc(NCC2CCNC2)ccc1C(F)(F)F. The zero-order valence-electron chi connectivity index (χ0n) is 10.2. The molecule has 0 spiro atoms. The summed E-state index contributed by atoms with van der Waals surface area (Å²) in [4.78, 5) is 0. The molecule has 1 unspecified atom stereocenters. The lowest BCUT2D eigenvalue weighted by molar-refractivity contribution is -0.137. The fraction of sp³-hybridized carbons (Fsp3) is 0.462. The molecular formula is C13H14F3N3. The van der Waals surface area contributed by atoms with Gasteiger partial charge in [-0.25, -0.2) is 0 Å². The molecule has 19 heavy (non-hydrogen) atoms. The third-order valence-corrected chi connectivity index (χ3v) is 3.20. The van der Waals surface area contributed by atoms with Crippen LogP contribution < -0.4 is 10.6 Å². The zero-order valence-corrected chi connectivity index (χ0v) is 10.2. The van der Waals surface area contributed by atoms with Crippen LogP contribution in [0.1, 0.15) is 17.5 Å². The van der Waals surface area contributed by atoms with Gasteiger partial charge in [0.05, 0.1) is 17.2 Å². The van der Waals surface area contributed by atoms with Crippen molar-refractivity contribution in [2.75, 3.05) is 25.0 Å². The molecule has 102 valence electrons. The molecule has 1 aliphatic heterocycles. The normalized spacial score (nSPS) is 19.2. The second-order valence-electron chi connectivity index (χ2n) is 4.61. The highest BCUT2D eigenvalue weighted by Gasteiger charge is 2.33. The Hall–Kier alpha value is -1.74. The van der Waals surface area contributed by atoms with E-state index in [2.05, 4.69) is 10.6 Å². The van der Waals surface area contributed by atoms with Gasteiger partial charge in [0, 0.05) is 12.2 Å². The minimum Gasteiger partial charge on any atom is -0.385 e. The van der Waals surface area contributed by atoms with Gasteiger partial charge in [-0.3, -0.25) is 0 Å². The maximum atomic E-state index is 12.6. The Kier molecular flexibility index (Phi) is 3.96. The summed E-state index contributed by atoms with van der Waals surface area (Å²) in [7, 11) is 0. The summed E-state index contributed by atoms with van der Waals surface area (Å²) in [6, 6.07) is 5.17. The number of rotatable bonds is 3. The number of nitriles is 1. The molecule has 1 saturated heterocycles. The van der Waals surface area contributed by atoms with E-state index in [0.717, 1.165) is 25.6 Å². The first-order valence-electron chi connectivity index (χ1n) is 6.06. The second-order valence-corrected chi connectivity index (χ2v) is 4.61. The highest BCUT2D eigenvalue weighted by molar-refractivity contribution is 5.53. The molecule has 0 saturated carbocycles. The maximum Gasteiger partial charge on any atom is 0.417 e. The van der Waals surface area contributed by atoms with Crippen LogP contribution in [0.5, 0.6) is 0 Å². The number of alkyl halides is 3. The molecule has 3 nitrogen and oxygen atoms in total. The predicted octanol–water partition coefficient (Wildman–Crippen LogP) is 2.60. The lowest BCUT2D eigenvalue weighted by atomic mass is 10.1. The summed E-state index contributed by atoms with van der Waals surface area (Å²) in [5.74, 6) is 0.479. The average Bonchev–Trinajstić information content (AvgIpc) is 2.88. The first-order chi connectivity index (χ1) is 9.00. The van der Waals surface area contributed by atoms with Crippen molar-refractivity contribution in [2.24, 2.45) is 5.92 Å². The fourth-order valence-electron chi connectivity index (χ4n) is 2.14. The third kappa shape index (κ3) is 3.38. The second kappa shape index (κ2) is 5.49. The number of anilines is 1. The van der Waals surface area contributed by atoms with Gasteiger partial charge in [0.1, 0.15) is 0 Å². The minimum absolute atomic E-state index is 0.345. The first-order valence-corrected chi connectivity index (χ1v) is 6.06. The van der Waals surface area contributed by atoms with E-state index in [4.69, 9.17) is 5.26 Å². The topological polar surface area (TPSA) is 47.9 Å². The Balaban J connectivity index is 2.08. The van der Waals surface area contributed by atoms with Crippen LogP contribution in [-0.4, -0.2) is 19.6 Å². The van der Waals surface area contributed by atoms with Crippen molar-refractivity contribution in [3.8, 4) is 6.07 Å². The van der Waals surface area contributed by atoms with Crippen LogP contribution in [0.3, 0.4) is 0 Å². The molecule has 0 aliphatic carbocycles. The van der Waals surface area contributed by atoms with Crippen molar-refractivity contribution in [2.45, 2.75) is 12.6 Å². The van der Waals surface area contributed by atoms with Crippen molar-refractivity contribution < 1.29 is 13.2 Å². The number of nitrogens with zero attached hydrogens (tertiary/aromatic N) is 1. The van der Waals surface area contributed by atoms with Gasteiger partial charge < -0.3 is 10.6 Å². The molecule has 1 aromatic rings. The largest absolute Gasteiger partial charge is 0.417 e. The van der Waals surface area contributed by atoms with Crippen LogP contribution in [0.15, 0.2) is 18.2 Å². The summed E-state index contributed by atoms with van der Waals surface area (Å²) < 4.78 is 37.9. The van der Waals surface area contributed by atoms with E-state index in [0.29, 0.717) is 18.2 Å². The smallest absolute Gasteiger partial charge is 0.385 e. The lowest BCUT2D eigenvalue weighted by Crippen LogP contribution is -2.17. The van der Waals surface area contributed by atoms with E-state index in [-0.39, 0.29) is 5.56 Å². The standard InChI is InChI=1S/C13H14F3N3/c14-13(15,16)12-2-1-11(5-10(12)6-17)19-8-9-3-4-18-7-9/h1-2,5,9,18-19H,3-4,7-8H2. The maximum absolute atomic E-state index is 12.6. The minimum atomic E-state index is -4.49. The van der Waals surface area contributed by atoms with Crippen LogP contribution in [0.2, 0.25) is 0 Å². The van der Waals surface area contributed by atoms with Crippen LogP contribution in [0.25, 0.3) is 0 Å². The Morgan fingerprint density at radius 3 is 2.79 bits per heavy atom. The predicted molar refractivity (Wildman–Crippen MR) is 65.6 cm³/mol. The van der Waals surface area contributed by atoms with Gasteiger partial charge in [0.25, 0.3) is 0 Å². The van der Waals surface area contributed by atoms with Crippen LogP contribution >= 0.6 is 0 Å². The van der Waals surface area contributed by atoms with E-state index in [1.165, 1.54) is 12.1 Å². The van der Waals surface area contributed by atoms with Gasteiger partial charge in [0.15, 0.2) is 0 Å². The van der Waals surface area contributed by atoms with Gasteiger partial charge in [0.2, 0.25) is 0 Å². The number of halogens is 3. The van der Waals surface area contributed by atoms with Crippen LogP contribution in [0.4, 0.5) is 18.9 Å². The Labute approximate surface area is 109 Å². The molecule has 1 heterocycles. The molecule has 0 amide bonds. The molecule has 0 bridgehead atoms. The van der Waals surface area contributed by atoms with E-state index in [9.17, 15) is 13.2 Å².